The summed E-state index contributed by atoms with van der Waals surface area (Å²) in [4.78, 5) is 12.0. The molecule has 2 atom stereocenters. The number of methoxy groups -OCH3 is 1. The van der Waals surface area contributed by atoms with Gasteiger partial charge in [0.25, 0.3) is 0 Å². The Morgan fingerprint density at radius 1 is 1.25 bits per heavy atom. The molecule has 0 saturated carbocycles. The van der Waals surface area contributed by atoms with Gasteiger partial charge in [-0.2, -0.15) is 0 Å². The van der Waals surface area contributed by atoms with Crippen molar-refractivity contribution in [2.75, 3.05) is 13.7 Å². The van der Waals surface area contributed by atoms with Crippen molar-refractivity contribution in [2.24, 2.45) is 5.92 Å². The van der Waals surface area contributed by atoms with Crippen molar-refractivity contribution in [3.05, 3.63) is 0 Å². The van der Waals surface area contributed by atoms with Crippen LogP contribution in [-0.4, -0.2) is 31.6 Å². The van der Waals surface area contributed by atoms with Gasteiger partial charge in [0.15, 0.2) is 0 Å². The molecule has 2 bridgehead atoms. The van der Waals surface area contributed by atoms with Crippen LogP contribution in [0.5, 0.6) is 0 Å². The predicted octanol–water partition coefficient (Wildman–Crippen LogP) is 1.90. The number of piperidine rings is 1. The number of carbonyl (C=O) groups excluding carboxylic acids is 1. The minimum atomic E-state index is 0.348. The molecule has 2 rings (SSSR count). The van der Waals surface area contributed by atoms with E-state index in [1.54, 1.807) is 7.11 Å². The maximum Gasteiger partial charge on any atom is 0.136 e. The first-order valence-electron chi connectivity index (χ1n) is 6.57. The van der Waals surface area contributed by atoms with Crippen LogP contribution >= 0.6 is 0 Å². The van der Waals surface area contributed by atoms with Crippen LogP contribution in [0.4, 0.5) is 0 Å². The number of carbonyl (C=O) groups is 1. The zero-order chi connectivity index (χ0) is 11.4. The molecule has 2 aliphatic heterocycles. The summed E-state index contributed by atoms with van der Waals surface area (Å²) < 4.78 is 4.99. The predicted molar refractivity (Wildman–Crippen MR) is 63.4 cm³/mol. The van der Waals surface area contributed by atoms with E-state index in [4.69, 9.17) is 4.74 Å². The number of hydrogen-bond acceptors (Lipinski definition) is 3. The van der Waals surface area contributed by atoms with Crippen molar-refractivity contribution in [2.45, 2.75) is 57.0 Å². The van der Waals surface area contributed by atoms with Gasteiger partial charge in [0, 0.05) is 38.1 Å². The second-order valence-corrected chi connectivity index (χ2v) is 5.22. The zero-order valence-corrected chi connectivity index (χ0v) is 10.2. The summed E-state index contributed by atoms with van der Waals surface area (Å²) >= 11 is 0. The third kappa shape index (κ3) is 3.05. The molecule has 3 nitrogen and oxygen atoms in total. The SMILES string of the molecule is COCCCCC(=O)C1CC2CCC(C1)N2. The molecule has 2 heterocycles. The van der Waals surface area contributed by atoms with Crippen molar-refractivity contribution >= 4 is 5.78 Å². The summed E-state index contributed by atoms with van der Waals surface area (Å²) in [6.45, 7) is 0.782. The van der Waals surface area contributed by atoms with Crippen molar-refractivity contribution < 1.29 is 9.53 Å². The average Bonchev–Trinajstić information content (AvgIpc) is 2.63. The fourth-order valence-electron chi connectivity index (χ4n) is 3.07. The van der Waals surface area contributed by atoms with Crippen LogP contribution in [0, 0.1) is 5.92 Å². The highest BCUT2D eigenvalue weighted by atomic mass is 16.5. The monoisotopic (exact) mass is 225 g/mol. The molecule has 0 spiro atoms. The Bertz CT molecular complexity index is 230. The first-order chi connectivity index (χ1) is 7.79. The third-order valence-corrected chi connectivity index (χ3v) is 3.95. The lowest BCUT2D eigenvalue weighted by molar-refractivity contribution is -0.124. The Morgan fingerprint density at radius 2 is 1.94 bits per heavy atom. The van der Waals surface area contributed by atoms with Gasteiger partial charge in [0.1, 0.15) is 5.78 Å². The lowest BCUT2D eigenvalue weighted by Crippen LogP contribution is -2.40. The lowest BCUT2D eigenvalue weighted by atomic mass is 9.87. The molecule has 16 heavy (non-hydrogen) atoms. The summed E-state index contributed by atoms with van der Waals surface area (Å²) in [7, 11) is 1.71. The molecule has 0 amide bonds. The molecule has 0 aliphatic carbocycles. The van der Waals surface area contributed by atoms with Crippen LogP contribution in [0.3, 0.4) is 0 Å². The molecule has 1 N–H and O–H groups in total. The molecule has 0 radical (unpaired) electrons. The van der Waals surface area contributed by atoms with Crippen LogP contribution in [-0.2, 0) is 9.53 Å². The third-order valence-electron chi connectivity index (χ3n) is 3.95. The lowest BCUT2D eigenvalue weighted by Gasteiger charge is -2.28. The fourth-order valence-corrected chi connectivity index (χ4v) is 3.07. The number of ether oxygens (including phenoxy) is 1. The molecule has 92 valence electrons. The number of ketones is 1. The highest BCUT2D eigenvalue weighted by Crippen LogP contribution is 2.32. The molecule has 3 heteroatoms. The Kier molecular flexibility index (Phi) is 4.36. The number of nitrogens with one attached hydrogen (secondary N) is 1. The van der Waals surface area contributed by atoms with E-state index in [9.17, 15) is 4.79 Å². The van der Waals surface area contributed by atoms with Crippen LogP contribution in [0.15, 0.2) is 0 Å². The Morgan fingerprint density at radius 3 is 2.56 bits per heavy atom. The van der Waals surface area contributed by atoms with E-state index < -0.39 is 0 Å². The van der Waals surface area contributed by atoms with E-state index in [0.29, 0.717) is 23.8 Å². The summed E-state index contributed by atoms with van der Waals surface area (Å²) in [6, 6.07) is 1.26. The number of hydrogen-bond donors (Lipinski definition) is 1. The molecule has 2 saturated heterocycles. The zero-order valence-electron chi connectivity index (χ0n) is 10.2. The highest BCUT2D eigenvalue weighted by Gasteiger charge is 2.35. The highest BCUT2D eigenvalue weighted by molar-refractivity contribution is 5.81. The van der Waals surface area contributed by atoms with Crippen molar-refractivity contribution in [3.8, 4) is 0 Å². The first kappa shape index (κ1) is 12.1. The average molecular weight is 225 g/mol. The molecule has 2 aliphatic rings. The van der Waals surface area contributed by atoms with Crippen LogP contribution < -0.4 is 5.32 Å². The van der Waals surface area contributed by atoms with Crippen molar-refractivity contribution in [1.82, 2.24) is 5.32 Å². The quantitative estimate of drug-likeness (QED) is 0.702. The van der Waals surface area contributed by atoms with Crippen molar-refractivity contribution in [1.29, 1.82) is 0 Å². The van der Waals surface area contributed by atoms with Gasteiger partial charge in [-0.05, 0) is 38.5 Å². The summed E-state index contributed by atoms with van der Waals surface area (Å²) in [5.41, 5.74) is 0. The van der Waals surface area contributed by atoms with Gasteiger partial charge in [-0.1, -0.05) is 0 Å². The van der Waals surface area contributed by atoms with Crippen molar-refractivity contribution in [3.63, 3.8) is 0 Å². The number of rotatable bonds is 6. The molecule has 2 unspecified atom stereocenters. The Hall–Kier alpha value is -0.410. The van der Waals surface area contributed by atoms with Gasteiger partial charge in [-0.25, -0.2) is 0 Å². The maximum atomic E-state index is 12.0. The second-order valence-electron chi connectivity index (χ2n) is 5.22. The van der Waals surface area contributed by atoms with E-state index in [2.05, 4.69) is 5.32 Å². The minimum Gasteiger partial charge on any atom is -0.385 e. The molecular weight excluding hydrogens is 202 g/mol. The number of fused-ring (bicyclic) bond motifs is 2. The smallest absolute Gasteiger partial charge is 0.136 e. The second kappa shape index (κ2) is 5.78. The fraction of sp³-hybridized carbons (Fsp3) is 0.923. The molecular formula is C13H23NO2. The summed E-state index contributed by atoms with van der Waals surface area (Å²) in [5.74, 6) is 0.843. The largest absolute Gasteiger partial charge is 0.385 e. The molecule has 0 aromatic carbocycles. The van der Waals surface area contributed by atoms with Crippen LogP contribution in [0.2, 0.25) is 0 Å². The normalized spacial score (nSPS) is 32.9. The van der Waals surface area contributed by atoms with E-state index in [1.165, 1.54) is 12.8 Å². The number of unbranched alkanes of at least 4 members (excludes halogenated alkanes) is 1. The Balaban J connectivity index is 1.69. The van der Waals surface area contributed by atoms with E-state index in [-0.39, 0.29) is 0 Å². The van der Waals surface area contributed by atoms with Gasteiger partial charge in [-0.3, -0.25) is 4.79 Å². The maximum absolute atomic E-state index is 12.0. The van der Waals surface area contributed by atoms with Gasteiger partial charge in [0.2, 0.25) is 0 Å². The van der Waals surface area contributed by atoms with Gasteiger partial charge < -0.3 is 10.1 Å². The molecule has 0 aromatic rings. The van der Waals surface area contributed by atoms with Crippen LogP contribution in [0.1, 0.15) is 44.9 Å². The van der Waals surface area contributed by atoms with Crippen LogP contribution in [0.25, 0.3) is 0 Å². The number of Topliss-reactive ketones (excluding diaryl/α,β-unsaturated/α-hetero) is 1. The first-order valence-corrected chi connectivity index (χ1v) is 6.57. The minimum absolute atomic E-state index is 0.348. The summed E-state index contributed by atoms with van der Waals surface area (Å²) in [5, 5.41) is 3.58. The van der Waals surface area contributed by atoms with E-state index in [0.717, 1.165) is 38.7 Å². The van der Waals surface area contributed by atoms with Gasteiger partial charge >= 0.3 is 0 Å². The Labute approximate surface area is 97.9 Å². The summed E-state index contributed by atoms with van der Waals surface area (Å²) in [6.07, 6.45) is 7.48. The van der Waals surface area contributed by atoms with Gasteiger partial charge in [-0.15, -0.1) is 0 Å². The topological polar surface area (TPSA) is 38.3 Å². The van der Waals surface area contributed by atoms with E-state index >= 15 is 0 Å². The molecule has 2 fully saturated rings. The molecule has 0 aromatic heterocycles. The standard InChI is InChI=1S/C13H23NO2/c1-16-7-3-2-4-13(15)10-8-11-5-6-12(9-10)14-11/h10-12,14H,2-9H2,1H3. The van der Waals surface area contributed by atoms with E-state index in [1.807, 2.05) is 0 Å². The van der Waals surface area contributed by atoms with Gasteiger partial charge in [0.05, 0.1) is 0 Å².